The number of nitrogens with one attached hydrogen (secondary N) is 2. The molecule has 0 atom stereocenters. The summed E-state index contributed by atoms with van der Waals surface area (Å²) in [6, 6.07) is 6.50. The monoisotopic (exact) mass is 547 g/mol. The second kappa shape index (κ2) is 13.2. The molecule has 4 N–H and O–H groups in total. The minimum absolute atomic E-state index is 0.170. The van der Waals surface area contributed by atoms with Gasteiger partial charge in [0.2, 0.25) is 0 Å². The molecule has 2 fully saturated rings. The lowest BCUT2D eigenvalue weighted by molar-refractivity contribution is -0.141. The molecule has 9 nitrogen and oxygen atoms in total. The van der Waals surface area contributed by atoms with E-state index in [1.807, 2.05) is 0 Å². The third-order valence-corrected chi connectivity index (χ3v) is 7.07. The van der Waals surface area contributed by atoms with Gasteiger partial charge in [-0.2, -0.15) is 13.2 Å². The molecule has 0 saturated carbocycles. The van der Waals surface area contributed by atoms with Crippen molar-refractivity contribution in [2.75, 3.05) is 70.5 Å². The molecule has 0 radical (unpaired) electrons. The highest BCUT2D eigenvalue weighted by Gasteiger charge is 2.33. The van der Waals surface area contributed by atoms with Crippen LogP contribution in [0.4, 0.5) is 24.5 Å². The SMILES string of the molecule is COc1cc(N)c(C=NC2CCN(CCCN3CCNCC3)CC2)cc1NC(=O)c1cccc(C(F)(F)F)n1. The number of amides is 1. The number of hydrogen-bond donors (Lipinski definition) is 3. The molecule has 0 bridgehead atoms. The van der Waals surface area contributed by atoms with E-state index in [1.165, 1.54) is 19.6 Å². The van der Waals surface area contributed by atoms with Crippen LogP contribution in [0.3, 0.4) is 0 Å². The molecule has 0 spiro atoms. The van der Waals surface area contributed by atoms with E-state index in [-0.39, 0.29) is 23.2 Å². The number of ether oxygens (including phenoxy) is 1. The van der Waals surface area contributed by atoms with Gasteiger partial charge in [0.1, 0.15) is 17.1 Å². The number of aliphatic imine (C=N–C) groups is 1. The second-order valence-corrected chi connectivity index (χ2v) is 9.84. The van der Waals surface area contributed by atoms with E-state index in [4.69, 9.17) is 15.5 Å². The fourth-order valence-corrected chi connectivity index (χ4v) is 4.83. The topological polar surface area (TPSA) is 108 Å². The molecule has 0 unspecified atom stereocenters. The minimum Gasteiger partial charge on any atom is -0.494 e. The van der Waals surface area contributed by atoms with Crippen LogP contribution in [0.5, 0.6) is 5.75 Å². The normalized spacial score (nSPS) is 17.9. The van der Waals surface area contributed by atoms with Gasteiger partial charge in [-0.1, -0.05) is 6.07 Å². The number of piperidine rings is 1. The second-order valence-electron chi connectivity index (χ2n) is 9.84. The van der Waals surface area contributed by atoms with Crippen LogP contribution in [-0.2, 0) is 6.18 Å². The molecule has 12 heteroatoms. The maximum Gasteiger partial charge on any atom is 0.433 e. The van der Waals surface area contributed by atoms with Gasteiger partial charge in [0.05, 0.1) is 18.8 Å². The van der Waals surface area contributed by atoms with E-state index < -0.39 is 17.8 Å². The van der Waals surface area contributed by atoms with Gasteiger partial charge in [-0.05, 0) is 50.6 Å². The summed E-state index contributed by atoms with van der Waals surface area (Å²) < 4.78 is 44.4. The number of methoxy groups -OCH3 is 1. The average Bonchev–Trinajstić information content (AvgIpc) is 2.94. The van der Waals surface area contributed by atoms with Crippen molar-refractivity contribution in [2.24, 2.45) is 4.99 Å². The van der Waals surface area contributed by atoms with Crippen molar-refractivity contribution in [3.05, 3.63) is 47.3 Å². The fourth-order valence-electron chi connectivity index (χ4n) is 4.83. The smallest absolute Gasteiger partial charge is 0.433 e. The Balaban J connectivity index is 1.33. The lowest BCUT2D eigenvalue weighted by atomic mass is 10.1. The number of anilines is 2. The summed E-state index contributed by atoms with van der Waals surface area (Å²) in [5.41, 5.74) is 5.95. The molecule has 4 rings (SSSR count). The Bertz CT molecular complexity index is 1140. The Morgan fingerprint density at radius 3 is 2.54 bits per heavy atom. The van der Waals surface area contributed by atoms with Crippen molar-refractivity contribution in [1.82, 2.24) is 20.1 Å². The Hall–Kier alpha value is -3.22. The number of nitrogens with zero attached hydrogens (tertiary/aromatic N) is 4. The third kappa shape index (κ3) is 8.13. The quantitative estimate of drug-likeness (QED) is 0.327. The zero-order valence-electron chi connectivity index (χ0n) is 22.1. The number of aromatic nitrogens is 1. The highest BCUT2D eigenvalue weighted by Crippen LogP contribution is 2.31. The largest absolute Gasteiger partial charge is 0.494 e. The number of likely N-dealkylation sites (tertiary alicyclic amines) is 1. The number of piperazine rings is 1. The Labute approximate surface area is 226 Å². The van der Waals surface area contributed by atoms with Gasteiger partial charge in [-0.3, -0.25) is 9.79 Å². The van der Waals surface area contributed by atoms with E-state index in [9.17, 15) is 18.0 Å². The van der Waals surface area contributed by atoms with E-state index >= 15 is 0 Å². The van der Waals surface area contributed by atoms with Crippen molar-refractivity contribution < 1.29 is 22.7 Å². The number of carbonyl (C=O) groups is 1. The molecule has 212 valence electrons. The van der Waals surface area contributed by atoms with Crippen LogP contribution in [-0.4, -0.2) is 92.4 Å². The zero-order chi connectivity index (χ0) is 27.8. The molecule has 0 aliphatic carbocycles. The molecule has 2 aliphatic rings. The van der Waals surface area contributed by atoms with Gasteiger partial charge in [-0.15, -0.1) is 0 Å². The van der Waals surface area contributed by atoms with Crippen molar-refractivity contribution in [3.8, 4) is 5.75 Å². The first-order valence-electron chi connectivity index (χ1n) is 13.2. The molecule has 1 aromatic carbocycles. The van der Waals surface area contributed by atoms with Gasteiger partial charge < -0.3 is 30.9 Å². The van der Waals surface area contributed by atoms with Crippen LogP contribution in [0.25, 0.3) is 0 Å². The minimum atomic E-state index is -4.65. The zero-order valence-corrected chi connectivity index (χ0v) is 22.1. The molecule has 1 amide bonds. The van der Waals surface area contributed by atoms with Crippen molar-refractivity contribution in [2.45, 2.75) is 31.5 Å². The summed E-state index contributed by atoms with van der Waals surface area (Å²) in [4.78, 5) is 25.9. The van der Waals surface area contributed by atoms with Crippen molar-refractivity contribution >= 4 is 23.5 Å². The van der Waals surface area contributed by atoms with Gasteiger partial charge >= 0.3 is 6.18 Å². The van der Waals surface area contributed by atoms with E-state index in [2.05, 4.69) is 25.4 Å². The standard InChI is InChI=1S/C27H36F3N7O2/c1-39-24-17-21(31)19(16-23(24)35-26(38)22-4-2-5-25(34-22)27(28,29)30)18-33-20-6-12-36(13-7-20)10-3-11-37-14-8-32-9-15-37/h2,4-5,16-18,20,32H,3,6-15,31H2,1H3,(H,35,38). The van der Waals surface area contributed by atoms with Gasteiger partial charge in [0.15, 0.2) is 0 Å². The first-order valence-corrected chi connectivity index (χ1v) is 13.2. The number of halogens is 3. The summed E-state index contributed by atoms with van der Waals surface area (Å²) in [5, 5.41) is 5.97. The molecule has 2 aromatic rings. The van der Waals surface area contributed by atoms with Crippen LogP contribution in [0.1, 0.15) is 41.0 Å². The lowest BCUT2D eigenvalue weighted by Gasteiger charge is -2.32. The predicted octanol–water partition coefficient (Wildman–Crippen LogP) is 3.12. The molecule has 39 heavy (non-hydrogen) atoms. The number of pyridine rings is 1. The lowest BCUT2D eigenvalue weighted by Crippen LogP contribution is -2.44. The number of benzene rings is 1. The molecule has 1 aromatic heterocycles. The first-order chi connectivity index (χ1) is 18.7. The summed E-state index contributed by atoms with van der Waals surface area (Å²) in [5.74, 6) is -0.518. The van der Waals surface area contributed by atoms with Crippen molar-refractivity contribution in [3.63, 3.8) is 0 Å². The highest BCUT2D eigenvalue weighted by molar-refractivity contribution is 6.04. The molecule has 3 heterocycles. The van der Waals surface area contributed by atoms with Crippen molar-refractivity contribution in [1.29, 1.82) is 0 Å². The number of nitrogens with two attached hydrogens (primary N) is 1. The third-order valence-electron chi connectivity index (χ3n) is 7.07. The van der Waals surface area contributed by atoms with Crippen LogP contribution < -0.4 is 21.1 Å². The summed E-state index contributed by atoms with van der Waals surface area (Å²) in [7, 11) is 1.41. The highest BCUT2D eigenvalue weighted by atomic mass is 19.4. The Morgan fingerprint density at radius 2 is 1.87 bits per heavy atom. The van der Waals surface area contributed by atoms with Crippen LogP contribution in [0.15, 0.2) is 35.3 Å². The van der Waals surface area contributed by atoms with E-state index in [1.54, 1.807) is 18.3 Å². The summed E-state index contributed by atoms with van der Waals surface area (Å²) >= 11 is 0. The summed E-state index contributed by atoms with van der Waals surface area (Å²) in [6.07, 6.45) is 0.106. The van der Waals surface area contributed by atoms with Crippen LogP contribution >= 0.6 is 0 Å². The van der Waals surface area contributed by atoms with Gasteiger partial charge in [0, 0.05) is 62.8 Å². The molecule has 2 saturated heterocycles. The molecule has 2 aliphatic heterocycles. The maximum absolute atomic E-state index is 13.0. The molecular weight excluding hydrogens is 511 g/mol. The van der Waals surface area contributed by atoms with E-state index in [0.717, 1.165) is 77.3 Å². The Kier molecular flexibility index (Phi) is 9.76. The number of hydrogen-bond acceptors (Lipinski definition) is 8. The van der Waals surface area contributed by atoms with Crippen LogP contribution in [0, 0.1) is 0 Å². The number of rotatable bonds is 9. The first kappa shape index (κ1) is 28.8. The van der Waals surface area contributed by atoms with Gasteiger partial charge in [0.25, 0.3) is 5.91 Å². The number of carbonyl (C=O) groups excluding carboxylic acids is 1. The molecular formula is C27H36F3N7O2. The number of nitrogen functional groups attached to an aromatic ring is 1. The average molecular weight is 548 g/mol. The maximum atomic E-state index is 13.0. The fraction of sp³-hybridized carbons (Fsp3) is 0.519. The number of alkyl halides is 3. The summed E-state index contributed by atoms with van der Waals surface area (Å²) in [6.45, 7) is 8.61. The van der Waals surface area contributed by atoms with Gasteiger partial charge in [-0.25, -0.2) is 4.98 Å². The van der Waals surface area contributed by atoms with Crippen LogP contribution in [0.2, 0.25) is 0 Å². The predicted molar refractivity (Wildman–Crippen MR) is 146 cm³/mol. The van der Waals surface area contributed by atoms with E-state index in [0.29, 0.717) is 11.3 Å². The Morgan fingerprint density at radius 1 is 1.18 bits per heavy atom.